The van der Waals surface area contributed by atoms with Crippen LogP contribution >= 0.6 is 0 Å². The number of benzene rings is 1. The van der Waals surface area contributed by atoms with Crippen LogP contribution in [0.4, 0.5) is 10.5 Å². The van der Waals surface area contributed by atoms with Crippen LogP contribution in [0.15, 0.2) is 42.2 Å². The molecule has 2 unspecified atom stereocenters. The van der Waals surface area contributed by atoms with Gasteiger partial charge in [-0.1, -0.05) is 18.2 Å². The third kappa shape index (κ3) is 2.95. The molecular formula is C17H22N2O2. The highest BCUT2D eigenvalue weighted by atomic mass is 16.6. The zero-order valence-corrected chi connectivity index (χ0v) is 12.7. The molecule has 21 heavy (non-hydrogen) atoms. The van der Waals surface area contributed by atoms with Crippen molar-refractivity contribution in [3.8, 4) is 0 Å². The smallest absolute Gasteiger partial charge is 0.415 e. The van der Waals surface area contributed by atoms with Crippen molar-refractivity contribution >= 4 is 11.8 Å². The van der Waals surface area contributed by atoms with Crippen molar-refractivity contribution in [1.82, 2.24) is 4.90 Å². The Morgan fingerprint density at radius 1 is 1.29 bits per heavy atom. The zero-order chi connectivity index (χ0) is 14.8. The zero-order valence-electron chi connectivity index (χ0n) is 12.7. The molecule has 1 fully saturated rings. The second-order valence-corrected chi connectivity index (χ2v) is 5.95. The summed E-state index contributed by atoms with van der Waals surface area (Å²) < 4.78 is 5.59. The first-order chi connectivity index (χ1) is 10.1. The minimum atomic E-state index is -0.313. The molecule has 1 heterocycles. The highest BCUT2D eigenvalue weighted by Gasteiger charge is 2.34. The molecule has 2 atom stereocenters. The molecule has 0 saturated carbocycles. The second kappa shape index (κ2) is 5.90. The maximum absolute atomic E-state index is 12.2. The van der Waals surface area contributed by atoms with Crippen molar-refractivity contribution in [3.05, 3.63) is 42.2 Å². The van der Waals surface area contributed by atoms with Gasteiger partial charge in [0.25, 0.3) is 0 Å². The van der Waals surface area contributed by atoms with Gasteiger partial charge in [-0.05, 0) is 50.6 Å². The Hall–Kier alpha value is -1.81. The molecule has 0 radical (unpaired) electrons. The van der Waals surface area contributed by atoms with Crippen LogP contribution in [0.5, 0.6) is 0 Å². The van der Waals surface area contributed by atoms with Gasteiger partial charge in [0.1, 0.15) is 5.76 Å². The Labute approximate surface area is 126 Å². The van der Waals surface area contributed by atoms with Gasteiger partial charge in [0.2, 0.25) is 0 Å². The van der Waals surface area contributed by atoms with Gasteiger partial charge in [-0.15, -0.1) is 0 Å². The lowest BCUT2D eigenvalue weighted by molar-refractivity contribution is 0.173. The third-order valence-corrected chi connectivity index (χ3v) is 4.60. The quantitative estimate of drug-likeness (QED) is 0.836. The van der Waals surface area contributed by atoms with E-state index in [1.54, 1.807) is 11.9 Å². The van der Waals surface area contributed by atoms with Crippen molar-refractivity contribution in [1.29, 1.82) is 0 Å². The summed E-state index contributed by atoms with van der Waals surface area (Å²) in [6, 6.07) is 9.99. The molecule has 0 spiro atoms. The summed E-state index contributed by atoms with van der Waals surface area (Å²) in [6.45, 7) is 1.14. The maximum Gasteiger partial charge on any atom is 0.419 e. The van der Waals surface area contributed by atoms with Crippen molar-refractivity contribution < 1.29 is 9.53 Å². The standard InChI is InChI=1S/C17H22N2O2/c1-18-11-10-13-8-9-15(12-16(13)18)21-17(20)19(2)14-6-4-3-5-7-14/h3-7,12-13,16H,8-11H2,1-2H3. The molecule has 4 heteroatoms. The van der Waals surface area contributed by atoms with Crippen LogP contribution in [0.3, 0.4) is 0 Å². The Morgan fingerprint density at radius 3 is 2.81 bits per heavy atom. The summed E-state index contributed by atoms with van der Waals surface area (Å²) in [6.07, 6.45) is 5.05. The van der Waals surface area contributed by atoms with Crippen LogP contribution in [0, 0.1) is 5.92 Å². The fourth-order valence-electron chi connectivity index (χ4n) is 3.25. The highest BCUT2D eigenvalue weighted by molar-refractivity contribution is 5.87. The number of hydrogen-bond donors (Lipinski definition) is 0. The lowest BCUT2D eigenvalue weighted by Gasteiger charge is -2.28. The van der Waals surface area contributed by atoms with E-state index in [4.69, 9.17) is 4.74 Å². The van der Waals surface area contributed by atoms with Crippen molar-refractivity contribution in [3.63, 3.8) is 0 Å². The number of likely N-dealkylation sites (tertiary alicyclic amines) is 1. The summed E-state index contributed by atoms with van der Waals surface area (Å²) in [7, 11) is 3.88. The Morgan fingerprint density at radius 2 is 2.05 bits per heavy atom. The van der Waals surface area contributed by atoms with Gasteiger partial charge in [-0.3, -0.25) is 9.80 Å². The van der Waals surface area contributed by atoms with Gasteiger partial charge in [0.05, 0.1) is 0 Å². The number of hydrogen-bond acceptors (Lipinski definition) is 3. The minimum Gasteiger partial charge on any atom is -0.415 e. The van der Waals surface area contributed by atoms with E-state index in [9.17, 15) is 4.79 Å². The first-order valence-corrected chi connectivity index (χ1v) is 7.56. The molecule has 0 N–H and O–H groups in total. The van der Waals surface area contributed by atoms with E-state index in [1.807, 2.05) is 30.3 Å². The number of amides is 1. The average Bonchev–Trinajstić information content (AvgIpc) is 2.88. The second-order valence-electron chi connectivity index (χ2n) is 5.95. The van der Waals surface area contributed by atoms with Crippen LogP contribution < -0.4 is 4.90 Å². The van der Waals surface area contributed by atoms with Gasteiger partial charge >= 0.3 is 6.09 Å². The SMILES string of the molecule is CN(C(=O)OC1=CC2C(CC1)CCN2C)c1ccccc1. The summed E-state index contributed by atoms with van der Waals surface area (Å²) in [5.41, 5.74) is 0.842. The Bertz CT molecular complexity index is 541. The topological polar surface area (TPSA) is 32.8 Å². The van der Waals surface area contributed by atoms with Crippen LogP contribution in [0.1, 0.15) is 19.3 Å². The van der Waals surface area contributed by atoms with E-state index in [0.29, 0.717) is 6.04 Å². The van der Waals surface area contributed by atoms with E-state index in [-0.39, 0.29) is 6.09 Å². The molecule has 1 aromatic carbocycles. The maximum atomic E-state index is 12.2. The number of rotatable bonds is 2. The van der Waals surface area contributed by atoms with E-state index >= 15 is 0 Å². The largest absolute Gasteiger partial charge is 0.419 e. The van der Waals surface area contributed by atoms with Gasteiger partial charge in [-0.2, -0.15) is 0 Å². The summed E-state index contributed by atoms with van der Waals surface area (Å²) in [5, 5.41) is 0. The molecule has 1 aromatic rings. The first kappa shape index (κ1) is 14.1. The number of anilines is 1. The Kier molecular flexibility index (Phi) is 3.97. The van der Waals surface area contributed by atoms with Crippen molar-refractivity contribution in [2.45, 2.75) is 25.3 Å². The van der Waals surface area contributed by atoms with E-state index < -0.39 is 0 Å². The third-order valence-electron chi connectivity index (χ3n) is 4.60. The van der Waals surface area contributed by atoms with Gasteiger partial charge in [-0.25, -0.2) is 4.79 Å². The highest BCUT2D eigenvalue weighted by Crippen LogP contribution is 2.34. The number of para-hydroxylation sites is 1. The van der Waals surface area contributed by atoms with Gasteiger partial charge in [0, 0.05) is 25.2 Å². The number of allylic oxidation sites excluding steroid dienone is 1. The molecule has 3 rings (SSSR count). The number of carbonyl (C=O) groups excluding carboxylic acids is 1. The minimum absolute atomic E-state index is 0.313. The summed E-state index contributed by atoms with van der Waals surface area (Å²) in [4.78, 5) is 16.1. The van der Waals surface area contributed by atoms with Crippen LogP contribution in [0.2, 0.25) is 0 Å². The molecule has 2 aliphatic rings. The molecule has 4 nitrogen and oxygen atoms in total. The lowest BCUT2D eigenvalue weighted by Crippen LogP contribution is -2.32. The molecule has 1 amide bonds. The normalized spacial score (nSPS) is 25.1. The first-order valence-electron chi connectivity index (χ1n) is 7.56. The summed E-state index contributed by atoms with van der Waals surface area (Å²) in [5.74, 6) is 1.54. The van der Waals surface area contributed by atoms with Gasteiger partial charge in [0.15, 0.2) is 0 Å². The molecule has 1 saturated heterocycles. The molecule has 0 aromatic heterocycles. The lowest BCUT2D eigenvalue weighted by atomic mass is 9.89. The van der Waals surface area contributed by atoms with E-state index in [1.165, 1.54) is 6.42 Å². The average molecular weight is 286 g/mol. The number of nitrogens with zero attached hydrogens (tertiary/aromatic N) is 2. The number of likely N-dealkylation sites (N-methyl/N-ethyl adjacent to an activating group) is 1. The monoisotopic (exact) mass is 286 g/mol. The summed E-state index contributed by atoms with van der Waals surface area (Å²) >= 11 is 0. The van der Waals surface area contributed by atoms with Crippen LogP contribution in [-0.2, 0) is 4.74 Å². The molecule has 1 aliphatic heterocycles. The Balaban J connectivity index is 1.66. The van der Waals surface area contributed by atoms with Crippen molar-refractivity contribution in [2.24, 2.45) is 5.92 Å². The number of fused-ring (bicyclic) bond motifs is 1. The number of carbonyl (C=O) groups is 1. The van der Waals surface area contributed by atoms with E-state index in [2.05, 4.69) is 18.0 Å². The fourth-order valence-corrected chi connectivity index (χ4v) is 3.25. The number of ether oxygens (including phenoxy) is 1. The molecule has 1 aliphatic carbocycles. The van der Waals surface area contributed by atoms with Crippen LogP contribution in [-0.4, -0.2) is 37.7 Å². The molecule has 0 bridgehead atoms. The fraction of sp³-hybridized carbons (Fsp3) is 0.471. The predicted molar refractivity (Wildman–Crippen MR) is 83.2 cm³/mol. The van der Waals surface area contributed by atoms with Crippen LogP contribution in [0.25, 0.3) is 0 Å². The molecular weight excluding hydrogens is 264 g/mol. The van der Waals surface area contributed by atoms with E-state index in [0.717, 1.165) is 36.8 Å². The van der Waals surface area contributed by atoms with Crippen molar-refractivity contribution in [2.75, 3.05) is 25.5 Å². The predicted octanol–water partition coefficient (Wildman–Crippen LogP) is 3.26. The molecule has 112 valence electrons. The van der Waals surface area contributed by atoms with Gasteiger partial charge < -0.3 is 4.74 Å².